The van der Waals surface area contributed by atoms with Gasteiger partial charge < -0.3 is 14.6 Å². The second-order valence-corrected chi connectivity index (χ2v) is 11.4. The standard InChI is InChI=1S/C26H32O5/c1-23(2)18(28)7-10-25(4)16-6-9-24(3)17(26(16,5)22(30)20(29)21(23)25)12-15(27)19(24)14-8-11-31-13-14/h7-8,10-13,16,19-22,29-30H,6,9H2,1-5H3/t16-,19-,20-,21+,22-,24-,25-,26-/m1/s1. The van der Waals surface area contributed by atoms with Gasteiger partial charge in [-0.25, -0.2) is 0 Å². The molecule has 0 radical (unpaired) electrons. The van der Waals surface area contributed by atoms with Gasteiger partial charge in [0.05, 0.1) is 30.7 Å². The number of allylic oxidation sites excluding steroid dienone is 3. The van der Waals surface area contributed by atoms with Gasteiger partial charge in [0, 0.05) is 27.7 Å². The lowest BCUT2D eigenvalue weighted by Gasteiger charge is -2.67. The zero-order valence-corrected chi connectivity index (χ0v) is 18.9. The Kier molecular flexibility index (Phi) is 4.10. The maximum atomic E-state index is 13.2. The van der Waals surface area contributed by atoms with E-state index in [0.717, 1.165) is 24.0 Å². The fourth-order valence-corrected chi connectivity index (χ4v) is 8.30. The third-order valence-corrected chi connectivity index (χ3v) is 9.66. The molecule has 4 aliphatic carbocycles. The second-order valence-electron chi connectivity index (χ2n) is 11.4. The molecule has 166 valence electrons. The first-order valence-corrected chi connectivity index (χ1v) is 11.3. The summed E-state index contributed by atoms with van der Waals surface area (Å²) < 4.78 is 5.28. The van der Waals surface area contributed by atoms with Crippen LogP contribution in [0.25, 0.3) is 0 Å². The van der Waals surface area contributed by atoms with Gasteiger partial charge in [0.15, 0.2) is 11.6 Å². The van der Waals surface area contributed by atoms with Crippen molar-refractivity contribution < 1.29 is 24.2 Å². The van der Waals surface area contributed by atoms with Crippen molar-refractivity contribution in [3.05, 3.63) is 48.0 Å². The normalized spacial score (nSPS) is 48.1. The average molecular weight is 425 g/mol. The molecule has 1 aromatic heterocycles. The summed E-state index contributed by atoms with van der Waals surface area (Å²) in [4.78, 5) is 25.9. The number of aliphatic hydroxyl groups is 2. The molecule has 0 saturated heterocycles. The number of carbonyl (C=O) groups is 2. The fraction of sp³-hybridized carbons (Fsp3) is 0.615. The molecule has 31 heavy (non-hydrogen) atoms. The Morgan fingerprint density at radius 2 is 1.81 bits per heavy atom. The van der Waals surface area contributed by atoms with Gasteiger partial charge in [-0.3, -0.25) is 9.59 Å². The Hall–Kier alpha value is -1.98. The fourth-order valence-electron chi connectivity index (χ4n) is 8.30. The van der Waals surface area contributed by atoms with Crippen molar-refractivity contribution >= 4 is 11.6 Å². The van der Waals surface area contributed by atoms with Crippen LogP contribution in [0.4, 0.5) is 0 Å². The van der Waals surface area contributed by atoms with Crippen LogP contribution in [-0.4, -0.2) is 34.0 Å². The minimum absolute atomic E-state index is 0.00208. The van der Waals surface area contributed by atoms with E-state index in [-0.39, 0.29) is 23.4 Å². The van der Waals surface area contributed by atoms with E-state index in [1.54, 1.807) is 24.7 Å². The molecular formula is C26H32O5. The summed E-state index contributed by atoms with van der Waals surface area (Å²) in [6.07, 6.45) is 8.07. The number of carbonyl (C=O) groups excluding carboxylic acids is 2. The average Bonchev–Trinajstić information content (AvgIpc) is 3.29. The minimum Gasteiger partial charge on any atom is -0.472 e. The van der Waals surface area contributed by atoms with Gasteiger partial charge in [-0.15, -0.1) is 0 Å². The Morgan fingerprint density at radius 3 is 2.45 bits per heavy atom. The van der Waals surface area contributed by atoms with Gasteiger partial charge in [-0.05, 0) is 42.4 Å². The predicted octanol–water partition coefficient (Wildman–Crippen LogP) is 3.82. The summed E-state index contributed by atoms with van der Waals surface area (Å²) in [5.74, 6) is -0.710. The third-order valence-electron chi connectivity index (χ3n) is 9.66. The summed E-state index contributed by atoms with van der Waals surface area (Å²) in [5.41, 5.74) is -0.664. The zero-order valence-electron chi connectivity index (χ0n) is 18.9. The number of hydrogen-bond acceptors (Lipinski definition) is 5. The first-order valence-electron chi connectivity index (χ1n) is 11.3. The number of fused-ring (bicyclic) bond motifs is 5. The summed E-state index contributed by atoms with van der Waals surface area (Å²) in [6, 6.07) is 1.85. The first-order chi connectivity index (χ1) is 14.4. The largest absolute Gasteiger partial charge is 0.472 e. The van der Waals surface area contributed by atoms with Crippen LogP contribution in [0.5, 0.6) is 0 Å². The molecule has 0 aromatic carbocycles. The Bertz CT molecular complexity index is 1020. The van der Waals surface area contributed by atoms with Crippen molar-refractivity contribution in [2.24, 2.45) is 33.5 Å². The molecule has 0 aliphatic heterocycles. The van der Waals surface area contributed by atoms with Crippen LogP contribution in [0.2, 0.25) is 0 Å². The first kappa shape index (κ1) is 20.9. The van der Waals surface area contributed by atoms with Crippen molar-refractivity contribution in [2.45, 2.75) is 65.6 Å². The highest BCUT2D eigenvalue weighted by Gasteiger charge is 2.71. The maximum Gasteiger partial charge on any atom is 0.164 e. The van der Waals surface area contributed by atoms with Crippen LogP contribution in [0.1, 0.15) is 58.9 Å². The molecule has 4 aliphatic rings. The Balaban J connectivity index is 1.68. The van der Waals surface area contributed by atoms with Gasteiger partial charge in [-0.1, -0.05) is 46.3 Å². The summed E-state index contributed by atoms with van der Waals surface area (Å²) in [6.45, 7) is 9.99. The smallest absolute Gasteiger partial charge is 0.164 e. The molecule has 2 N–H and O–H groups in total. The molecule has 5 nitrogen and oxygen atoms in total. The molecule has 8 atom stereocenters. The molecule has 1 aromatic rings. The van der Waals surface area contributed by atoms with Gasteiger partial charge >= 0.3 is 0 Å². The number of aliphatic hydroxyl groups excluding tert-OH is 2. The molecule has 0 spiro atoms. The molecule has 5 heteroatoms. The quantitative estimate of drug-likeness (QED) is 0.716. The third kappa shape index (κ3) is 2.29. The molecule has 2 saturated carbocycles. The number of ketones is 2. The van der Waals surface area contributed by atoms with Crippen LogP contribution in [0.3, 0.4) is 0 Å². The zero-order chi connectivity index (χ0) is 22.6. The van der Waals surface area contributed by atoms with Crippen LogP contribution in [0.15, 0.2) is 46.8 Å². The molecule has 1 heterocycles. The van der Waals surface area contributed by atoms with Crippen LogP contribution in [-0.2, 0) is 9.59 Å². The highest BCUT2D eigenvalue weighted by atomic mass is 16.3. The monoisotopic (exact) mass is 424 g/mol. The van der Waals surface area contributed by atoms with E-state index in [1.807, 2.05) is 32.9 Å². The van der Waals surface area contributed by atoms with Crippen molar-refractivity contribution in [2.75, 3.05) is 0 Å². The number of furan rings is 1. The lowest BCUT2D eigenvalue weighted by molar-refractivity contribution is -0.216. The van der Waals surface area contributed by atoms with E-state index in [2.05, 4.69) is 13.8 Å². The number of hydrogen-bond donors (Lipinski definition) is 2. The summed E-state index contributed by atoms with van der Waals surface area (Å²) >= 11 is 0. The van der Waals surface area contributed by atoms with E-state index >= 15 is 0 Å². The van der Waals surface area contributed by atoms with E-state index in [0.29, 0.717) is 0 Å². The van der Waals surface area contributed by atoms with Crippen molar-refractivity contribution in [3.63, 3.8) is 0 Å². The minimum atomic E-state index is -1.07. The molecule has 0 amide bonds. The van der Waals surface area contributed by atoms with Crippen molar-refractivity contribution in [3.8, 4) is 0 Å². The van der Waals surface area contributed by atoms with E-state index in [1.165, 1.54) is 0 Å². The van der Waals surface area contributed by atoms with Crippen LogP contribution >= 0.6 is 0 Å². The van der Waals surface area contributed by atoms with Gasteiger partial charge in [0.25, 0.3) is 0 Å². The van der Waals surface area contributed by atoms with Crippen molar-refractivity contribution in [1.29, 1.82) is 0 Å². The maximum absolute atomic E-state index is 13.2. The molecule has 0 unspecified atom stereocenters. The van der Waals surface area contributed by atoms with Crippen LogP contribution in [0, 0.1) is 33.5 Å². The van der Waals surface area contributed by atoms with E-state index in [4.69, 9.17) is 4.42 Å². The predicted molar refractivity (Wildman–Crippen MR) is 115 cm³/mol. The van der Waals surface area contributed by atoms with Crippen molar-refractivity contribution in [1.82, 2.24) is 0 Å². The highest BCUT2D eigenvalue weighted by Crippen LogP contribution is 2.72. The van der Waals surface area contributed by atoms with Crippen LogP contribution < -0.4 is 0 Å². The van der Waals surface area contributed by atoms with E-state index in [9.17, 15) is 19.8 Å². The Labute approximate surface area is 183 Å². The molecule has 2 fully saturated rings. The van der Waals surface area contributed by atoms with E-state index < -0.39 is 39.8 Å². The SMILES string of the molecule is CC1(C)C(=O)C=C[C@]2(C)[C@H]3CC[C@]4(C)C(=CC(=O)[C@H]4c4ccoc4)[C@]3(C)[C@H](O)[C@H](O)[C@@H]12. The topological polar surface area (TPSA) is 87.7 Å². The number of rotatable bonds is 1. The lowest BCUT2D eigenvalue weighted by atomic mass is 9.38. The molecule has 0 bridgehead atoms. The Morgan fingerprint density at radius 1 is 1.10 bits per heavy atom. The highest BCUT2D eigenvalue weighted by molar-refractivity contribution is 6.01. The lowest BCUT2D eigenvalue weighted by Crippen LogP contribution is -2.69. The molecule has 5 rings (SSSR count). The summed E-state index contributed by atoms with van der Waals surface area (Å²) in [7, 11) is 0. The van der Waals surface area contributed by atoms with Gasteiger partial charge in [-0.2, -0.15) is 0 Å². The summed E-state index contributed by atoms with van der Waals surface area (Å²) in [5, 5.41) is 23.1. The second kappa shape index (κ2) is 6.08. The molecular weight excluding hydrogens is 392 g/mol. The van der Waals surface area contributed by atoms with Gasteiger partial charge in [0.2, 0.25) is 0 Å². The van der Waals surface area contributed by atoms with Gasteiger partial charge in [0.1, 0.15) is 0 Å².